The summed E-state index contributed by atoms with van der Waals surface area (Å²) < 4.78 is 5.55. The highest BCUT2D eigenvalue weighted by Gasteiger charge is 2.41. The van der Waals surface area contributed by atoms with Gasteiger partial charge >= 0.3 is 0 Å². The Bertz CT molecular complexity index is 613. The zero-order valence-electron chi connectivity index (χ0n) is 15.8. The van der Waals surface area contributed by atoms with Gasteiger partial charge in [0, 0.05) is 12.6 Å². The van der Waals surface area contributed by atoms with Crippen LogP contribution in [0.2, 0.25) is 0 Å². The molecule has 0 saturated carbocycles. The van der Waals surface area contributed by atoms with Crippen LogP contribution < -0.4 is 10.1 Å². The Morgan fingerprint density at radius 3 is 2.64 bits per heavy atom. The second-order valence-electron chi connectivity index (χ2n) is 7.06. The Labute approximate surface area is 150 Å². The molecule has 0 spiro atoms. The predicted molar refractivity (Wildman–Crippen MR) is 99.7 cm³/mol. The first-order valence-electron chi connectivity index (χ1n) is 9.26. The minimum absolute atomic E-state index is 0.0922. The summed E-state index contributed by atoms with van der Waals surface area (Å²) in [6, 6.07) is 7.54. The standard InChI is InChI=1S/C20H30N2O3/c1-5-15-11-9-10-14-22(15)19(24)20(3,4)18(23)21-16-12-7-8-13-17(16)25-6-2/h7-8,12-13,15H,5-6,9-11,14H2,1-4H3,(H,21,23). The Morgan fingerprint density at radius 1 is 1.24 bits per heavy atom. The van der Waals surface area contributed by atoms with Gasteiger partial charge in [-0.25, -0.2) is 0 Å². The zero-order valence-corrected chi connectivity index (χ0v) is 15.8. The number of likely N-dealkylation sites (tertiary alicyclic amines) is 1. The SMILES string of the molecule is CCOc1ccccc1NC(=O)C(C)(C)C(=O)N1CCCCC1CC. The van der Waals surface area contributed by atoms with Gasteiger partial charge in [0.2, 0.25) is 11.8 Å². The molecule has 1 saturated heterocycles. The number of nitrogens with zero attached hydrogens (tertiary/aromatic N) is 1. The van der Waals surface area contributed by atoms with Gasteiger partial charge in [0.1, 0.15) is 11.2 Å². The van der Waals surface area contributed by atoms with Gasteiger partial charge in [0.05, 0.1) is 12.3 Å². The second kappa shape index (κ2) is 8.37. The van der Waals surface area contributed by atoms with Crippen molar-refractivity contribution in [3.05, 3.63) is 24.3 Å². The van der Waals surface area contributed by atoms with Crippen molar-refractivity contribution < 1.29 is 14.3 Å². The van der Waals surface area contributed by atoms with E-state index in [1.807, 2.05) is 30.0 Å². The summed E-state index contributed by atoms with van der Waals surface area (Å²) in [6.07, 6.45) is 4.10. The molecular weight excluding hydrogens is 316 g/mol. The minimum atomic E-state index is -1.12. The number of ether oxygens (including phenoxy) is 1. The number of carbonyl (C=O) groups excluding carboxylic acids is 2. The molecule has 1 atom stereocenters. The monoisotopic (exact) mass is 346 g/mol. The van der Waals surface area contributed by atoms with Gasteiger partial charge in [0.15, 0.2) is 0 Å². The van der Waals surface area contributed by atoms with Crippen LogP contribution in [0.5, 0.6) is 5.75 Å². The van der Waals surface area contributed by atoms with E-state index < -0.39 is 5.41 Å². The fourth-order valence-electron chi connectivity index (χ4n) is 3.28. The Morgan fingerprint density at radius 2 is 1.96 bits per heavy atom. The van der Waals surface area contributed by atoms with Crippen molar-refractivity contribution in [1.29, 1.82) is 0 Å². The molecule has 0 radical (unpaired) electrons. The molecule has 5 heteroatoms. The van der Waals surface area contributed by atoms with Crippen LogP contribution in [0.15, 0.2) is 24.3 Å². The molecule has 5 nitrogen and oxygen atoms in total. The van der Waals surface area contributed by atoms with Gasteiger partial charge < -0.3 is 15.0 Å². The Balaban J connectivity index is 2.15. The first-order valence-corrected chi connectivity index (χ1v) is 9.26. The van der Waals surface area contributed by atoms with Crippen LogP contribution in [0.1, 0.15) is 53.4 Å². The fraction of sp³-hybridized carbons (Fsp3) is 0.600. The number of hydrogen-bond acceptors (Lipinski definition) is 3. The molecule has 0 aliphatic carbocycles. The average Bonchev–Trinajstić information content (AvgIpc) is 2.62. The largest absolute Gasteiger partial charge is 0.492 e. The molecule has 0 aromatic heterocycles. The van der Waals surface area contributed by atoms with E-state index in [0.717, 1.165) is 32.2 Å². The minimum Gasteiger partial charge on any atom is -0.492 e. The molecule has 1 aliphatic heterocycles. The van der Waals surface area contributed by atoms with E-state index in [1.165, 1.54) is 0 Å². The fourth-order valence-corrected chi connectivity index (χ4v) is 3.28. The number of rotatable bonds is 6. The zero-order chi connectivity index (χ0) is 18.4. The van der Waals surface area contributed by atoms with Crippen molar-refractivity contribution in [2.24, 2.45) is 5.41 Å². The van der Waals surface area contributed by atoms with Crippen molar-refractivity contribution in [2.75, 3.05) is 18.5 Å². The number of piperidine rings is 1. The lowest BCUT2D eigenvalue weighted by Gasteiger charge is -2.39. The summed E-state index contributed by atoms with van der Waals surface area (Å²) >= 11 is 0. The number of hydrogen-bond donors (Lipinski definition) is 1. The Kier molecular flexibility index (Phi) is 6.45. The van der Waals surface area contributed by atoms with E-state index in [0.29, 0.717) is 18.0 Å². The summed E-state index contributed by atoms with van der Waals surface area (Å²) in [5.74, 6) is 0.224. The van der Waals surface area contributed by atoms with Gasteiger partial charge in [-0.2, -0.15) is 0 Å². The van der Waals surface area contributed by atoms with E-state index >= 15 is 0 Å². The molecule has 2 amide bonds. The summed E-state index contributed by atoms with van der Waals surface area (Å²) in [4.78, 5) is 27.8. The topological polar surface area (TPSA) is 58.6 Å². The van der Waals surface area contributed by atoms with E-state index in [2.05, 4.69) is 12.2 Å². The van der Waals surface area contributed by atoms with Gasteiger partial charge in [-0.3, -0.25) is 9.59 Å². The molecule has 1 heterocycles. The van der Waals surface area contributed by atoms with Crippen molar-refractivity contribution in [3.8, 4) is 5.75 Å². The quantitative estimate of drug-likeness (QED) is 0.796. The van der Waals surface area contributed by atoms with Gasteiger partial charge in [-0.05, 0) is 58.6 Å². The second-order valence-corrected chi connectivity index (χ2v) is 7.06. The molecule has 138 valence electrons. The Hall–Kier alpha value is -2.04. The highest BCUT2D eigenvalue weighted by atomic mass is 16.5. The lowest BCUT2D eigenvalue weighted by molar-refractivity contribution is -0.149. The number of nitrogens with one attached hydrogen (secondary N) is 1. The van der Waals surface area contributed by atoms with Crippen LogP contribution >= 0.6 is 0 Å². The van der Waals surface area contributed by atoms with Crippen LogP contribution in [0, 0.1) is 5.41 Å². The molecule has 1 aromatic rings. The molecule has 0 bridgehead atoms. The number of amides is 2. The smallest absolute Gasteiger partial charge is 0.239 e. The number of para-hydroxylation sites is 2. The van der Waals surface area contributed by atoms with Crippen LogP contribution in [-0.4, -0.2) is 35.9 Å². The van der Waals surface area contributed by atoms with Crippen LogP contribution in [-0.2, 0) is 9.59 Å². The summed E-state index contributed by atoms with van der Waals surface area (Å²) in [5, 5.41) is 2.88. The molecular formula is C20H30N2O3. The first kappa shape index (κ1) is 19.3. The van der Waals surface area contributed by atoms with E-state index in [-0.39, 0.29) is 17.9 Å². The number of anilines is 1. The van der Waals surface area contributed by atoms with E-state index in [4.69, 9.17) is 4.74 Å². The predicted octanol–water partition coefficient (Wildman–Crippen LogP) is 3.84. The first-order chi connectivity index (χ1) is 11.9. The lowest BCUT2D eigenvalue weighted by Crippen LogP contribution is -2.52. The molecule has 1 fully saturated rings. The van der Waals surface area contributed by atoms with E-state index in [1.54, 1.807) is 19.9 Å². The highest BCUT2D eigenvalue weighted by Crippen LogP contribution is 2.30. The highest BCUT2D eigenvalue weighted by molar-refractivity contribution is 6.10. The average molecular weight is 346 g/mol. The summed E-state index contributed by atoms with van der Waals surface area (Å²) in [7, 11) is 0. The maximum absolute atomic E-state index is 13.1. The maximum atomic E-state index is 13.1. The number of benzene rings is 1. The molecule has 1 aromatic carbocycles. The third kappa shape index (κ3) is 4.33. The molecule has 25 heavy (non-hydrogen) atoms. The summed E-state index contributed by atoms with van der Waals surface area (Å²) in [6.45, 7) is 8.66. The van der Waals surface area contributed by atoms with Crippen molar-refractivity contribution >= 4 is 17.5 Å². The summed E-state index contributed by atoms with van der Waals surface area (Å²) in [5.41, 5.74) is -0.523. The van der Waals surface area contributed by atoms with Crippen molar-refractivity contribution in [3.63, 3.8) is 0 Å². The van der Waals surface area contributed by atoms with Crippen LogP contribution in [0.25, 0.3) is 0 Å². The maximum Gasteiger partial charge on any atom is 0.239 e. The molecule has 1 aliphatic rings. The van der Waals surface area contributed by atoms with Crippen molar-refractivity contribution in [1.82, 2.24) is 4.90 Å². The molecule has 2 rings (SSSR count). The normalized spacial score (nSPS) is 17.9. The van der Waals surface area contributed by atoms with Crippen molar-refractivity contribution in [2.45, 2.75) is 59.4 Å². The van der Waals surface area contributed by atoms with Gasteiger partial charge in [-0.1, -0.05) is 19.1 Å². The van der Waals surface area contributed by atoms with Gasteiger partial charge in [0.25, 0.3) is 0 Å². The van der Waals surface area contributed by atoms with E-state index in [9.17, 15) is 9.59 Å². The molecule has 1 unspecified atom stereocenters. The third-order valence-corrected chi connectivity index (χ3v) is 4.90. The van der Waals surface area contributed by atoms with Gasteiger partial charge in [-0.15, -0.1) is 0 Å². The number of carbonyl (C=O) groups is 2. The van der Waals surface area contributed by atoms with Crippen LogP contribution in [0.4, 0.5) is 5.69 Å². The molecule has 1 N–H and O–H groups in total. The third-order valence-electron chi connectivity index (χ3n) is 4.90. The lowest BCUT2D eigenvalue weighted by atomic mass is 9.87. The van der Waals surface area contributed by atoms with Crippen LogP contribution in [0.3, 0.4) is 0 Å².